The molecule has 0 atom stereocenters. The molecule has 2 aromatic rings. The molecule has 27 heavy (non-hydrogen) atoms. The van der Waals surface area contributed by atoms with E-state index in [1.54, 1.807) is 0 Å². The van der Waals surface area contributed by atoms with Gasteiger partial charge in [-0.3, -0.25) is 0 Å². The SMILES string of the molecule is CC(C)CCN1c2ccc(C(C)(C)C)cc2Oc2cc(C(C)(C)C)ccc21. The van der Waals surface area contributed by atoms with E-state index in [1.165, 1.54) is 22.5 Å². The first-order chi connectivity index (χ1) is 12.5. The molecule has 3 rings (SSSR count). The minimum Gasteiger partial charge on any atom is -0.453 e. The van der Waals surface area contributed by atoms with Gasteiger partial charge in [0.1, 0.15) is 0 Å². The predicted octanol–water partition coefficient (Wildman–Crippen LogP) is 7.57. The van der Waals surface area contributed by atoms with E-state index in [0.717, 1.165) is 24.5 Å². The van der Waals surface area contributed by atoms with Crippen molar-refractivity contribution in [3.63, 3.8) is 0 Å². The number of rotatable bonds is 3. The molecule has 0 unspecified atom stereocenters. The summed E-state index contributed by atoms with van der Waals surface area (Å²) in [5.74, 6) is 2.62. The van der Waals surface area contributed by atoms with Crippen LogP contribution in [0.3, 0.4) is 0 Å². The van der Waals surface area contributed by atoms with Gasteiger partial charge in [-0.05, 0) is 58.6 Å². The molecule has 1 heterocycles. The standard InChI is InChI=1S/C25H35NO/c1-17(2)13-14-26-20-11-9-18(24(3,4)5)15-22(20)27-23-16-19(25(6,7)8)10-12-21(23)26/h9-12,15-17H,13-14H2,1-8H3. The smallest absolute Gasteiger partial charge is 0.151 e. The van der Waals surface area contributed by atoms with Crippen LogP contribution in [0.4, 0.5) is 11.4 Å². The Hall–Kier alpha value is -1.96. The first-order valence-electron chi connectivity index (χ1n) is 10.2. The summed E-state index contributed by atoms with van der Waals surface area (Å²) in [5, 5.41) is 0. The van der Waals surface area contributed by atoms with Crippen molar-refractivity contribution < 1.29 is 4.74 Å². The Morgan fingerprint density at radius 1 is 0.778 bits per heavy atom. The highest BCUT2D eigenvalue weighted by Gasteiger charge is 2.28. The molecule has 0 saturated heterocycles. The summed E-state index contributed by atoms with van der Waals surface area (Å²) < 4.78 is 6.44. The Morgan fingerprint density at radius 3 is 1.59 bits per heavy atom. The second-order valence-corrected chi connectivity index (χ2v) is 10.3. The Morgan fingerprint density at radius 2 is 1.22 bits per heavy atom. The van der Waals surface area contributed by atoms with E-state index >= 15 is 0 Å². The molecule has 2 heteroatoms. The third-order valence-corrected chi connectivity index (χ3v) is 5.38. The second-order valence-electron chi connectivity index (χ2n) is 10.3. The second kappa shape index (κ2) is 6.89. The zero-order valence-electron chi connectivity index (χ0n) is 18.3. The van der Waals surface area contributed by atoms with Crippen molar-refractivity contribution in [2.45, 2.75) is 72.6 Å². The summed E-state index contributed by atoms with van der Waals surface area (Å²) in [6.45, 7) is 19.1. The third kappa shape index (κ3) is 4.15. The largest absolute Gasteiger partial charge is 0.453 e. The van der Waals surface area contributed by atoms with Crippen molar-refractivity contribution in [3.8, 4) is 11.5 Å². The minimum atomic E-state index is 0.106. The average molecular weight is 366 g/mol. The van der Waals surface area contributed by atoms with Gasteiger partial charge in [-0.1, -0.05) is 67.5 Å². The van der Waals surface area contributed by atoms with Crippen LogP contribution in [0.15, 0.2) is 36.4 Å². The highest BCUT2D eigenvalue weighted by atomic mass is 16.5. The van der Waals surface area contributed by atoms with Crippen LogP contribution in [-0.4, -0.2) is 6.54 Å². The van der Waals surface area contributed by atoms with Crippen LogP contribution in [0, 0.1) is 5.92 Å². The lowest BCUT2D eigenvalue weighted by Gasteiger charge is -2.35. The molecule has 2 aromatic carbocycles. The first kappa shape index (κ1) is 19.8. The van der Waals surface area contributed by atoms with Crippen molar-refractivity contribution in [1.29, 1.82) is 0 Å². The van der Waals surface area contributed by atoms with Crippen LogP contribution in [0.25, 0.3) is 0 Å². The normalized spacial score (nSPS) is 14.0. The van der Waals surface area contributed by atoms with Gasteiger partial charge in [0.15, 0.2) is 11.5 Å². The molecule has 1 aliphatic rings. The highest BCUT2D eigenvalue weighted by Crippen LogP contribution is 2.49. The molecule has 2 nitrogen and oxygen atoms in total. The molecule has 0 N–H and O–H groups in total. The molecule has 0 spiro atoms. The quantitative estimate of drug-likeness (QED) is 0.556. The van der Waals surface area contributed by atoms with Crippen molar-refractivity contribution >= 4 is 11.4 Å². The molecule has 0 fully saturated rings. The number of ether oxygens (including phenoxy) is 1. The molecule has 0 bridgehead atoms. The highest BCUT2D eigenvalue weighted by molar-refractivity contribution is 5.78. The molecule has 0 aliphatic carbocycles. The molecule has 1 aliphatic heterocycles. The lowest BCUT2D eigenvalue weighted by atomic mass is 9.86. The minimum absolute atomic E-state index is 0.106. The molecule has 0 radical (unpaired) electrons. The number of hydrogen-bond donors (Lipinski definition) is 0. The van der Waals surface area contributed by atoms with E-state index in [0.29, 0.717) is 5.92 Å². The van der Waals surface area contributed by atoms with E-state index in [4.69, 9.17) is 4.74 Å². The van der Waals surface area contributed by atoms with Crippen LogP contribution in [-0.2, 0) is 10.8 Å². The van der Waals surface area contributed by atoms with E-state index in [9.17, 15) is 0 Å². The Balaban J connectivity index is 2.09. The first-order valence-corrected chi connectivity index (χ1v) is 10.2. The zero-order valence-corrected chi connectivity index (χ0v) is 18.3. The zero-order chi connectivity index (χ0) is 20.0. The fraction of sp³-hybridized carbons (Fsp3) is 0.520. The van der Waals surface area contributed by atoms with Crippen LogP contribution in [0.2, 0.25) is 0 Å². The van der Waals surface area contributed by atoms with Gasteiger partial charge >= 0.3 is 0 Å². The Kier molecular flexibility index (Phi) is 5.05. The summed E-state index contributed by atoms with van der Waals surface area (Å²) in [5.41, 5.74) is 5.18. The van der Waals surface area contributed by atoms with Gasteiger partial charge in [-0.25, -0.2) is 0 Å². The molecular formula is C25H35NO. The molecule has 0 amide bonds. The van der Waals surface area contributed by atoms with Crippen LogP contribution in [0.5, 0.6) is 11.5 Å². The lowest BCUT2D eigenvalue weighted by molar-refractivity contribution is 0.463. The van der Waals surface area contributed by atoms with Crippen molar-refractivity contribution in [2.75, 3.05) is 11.4 Å². The number of benzene rings is 2. The molecular weight excluding hydrogens is 330 g/mol. The number of nitrogens with zero attached hydrogens (tertiary/aromatic N) is 1. The summed E-state index contributed by atoms with van der Waals surface area (Å²) in [6, 6.07) is 13.4. The van der Waals surface area contributed by atoms with Gasteiger partial charge in [0.05, 0.1) is 11.4 Å². The monoisotopic (exact) mass is 365 g/mol. The Bertz CT molecular complexity index is 758. The Labute approximate surface area is 165 Å². The predicted molar refractivity (Wildman–Crippen MR) is 117 cm³/mol. The van der Waals surface area contributed by atoms with E-state index in [1.807, 2.05) is 0 Å². The van der Waals surface area contributed by atoms with Gasteiger partial charge in [0.2, 0.25) is 0 Å². The van der Waals surface area contributed by atoms with Gasteiger partial charge in [-0.2, -0.15) is 0 Å². The number of hydrogen-bond acceptors (Lipinski definition) is 2. The van der Waals surface area contributed by atoms with Crippen molar-refractivity contribution in [1.82, 2.24) is 0 Å². The maximum absolute atomic E-state index is 6.44. The average Bonchev–Trinajstić information content (AvgIpc) is 2.55. The maximum Gasteiger partial charge on any atom is 0.151 e. The molecule has 0 saturated carbocycles. The third-order valence-electron chi connectivity index (χ3n) is 5.38. The lowest BCUT2D eigenvalue weighted by Crippen LogP contribution is -2.24. The summed E-state index contributed by atoms with van der Waals surface area (Å²) in [4.78, 5) is 2.44. The summed E-state index contributed by atoms with van der Waals surface area (Å²) >= 11 is 0. The van der Waals surface area contributed by atoms with Gasteiger partial charge in [0, 0.05) is 6.54 Å². The van der Waals surface area contributed by atoms with Crippen molar-refractivity contribution in [3.05, 3.63) is 47.5 Å². The van der Waals surface area contributed by atoms with E-state index in [-0.39, 0.29) is 10.8 Å². The topological polar surface area (TPSA) is 12.5 Å². The molecule has 146 valence electrons. The summed E-state index contributed by atoms with van der Waals surface area (Å²) in [6.07, 6.45) is 1.15. The van der Waals surface area contributed by atoms with Gasteiger partial charge in [-0.15, -0.1) is 0 Å². The van der Waals surface area contributed by atoms with Crippen LogP contribution >= 0.6 is 0 Å². The van der Waals surface area contributed by atoms with E-state index in [2.05, 4.69) is 96.7 Å². The van der Waals surface area contributed by atoms with E-state index < -0.39 is 0 Å². The fourth-order valence-electron chi connectivity index (χ4n) is 3.45. The fourth-order valence-corrected chi connectivity index (χ4v) is 3.45. The van der Waals surface area contributed by atoms with Gasteiger partial charge in [0.25, 0.3) is 0 Å². The summed E-state index contributed by atoms with van der Waals surface area (Å²) in [7, 11) is 0. The van der Waals surface area contributed by atoms with Crippen molar-refractivity contribution in [2.24, 2.45) is 5.92 Å². The number of fused-ring (bicyclic) bond motifs is 2. The number of anilines is 2. The van der Waals surface area contributed by atoms with Crippen LogP contribution < -0.4 is 9.64 Å². The van der Waals surface area contributed by atoms with Crippen LogP contribution in [0.1, 0.15) is 72.9 Å². The maximum atomic E-state index is 6.44. The molecule has 0 aromatic heterocycles. The van der Waals surface area contributed by atoms with Gasteiger partial charge < -0.3 is 9.64 Å².